The molecule has 2 rings (SSSR count). The molecule has 100 valence electrons. The van der Waals surface area contributed by atoms with Gasteiger partial charge in [0.25, 0.3) is 0 Å². The molecule has 1 saturated heterocycles. The SMILES string of the molecule is CNCC1CCN(c2c(C)cc(C)cc2Cl)C1C. The molecule has 0 bridgehead atoms. The van der Waals surface area contributed by atoms with Gasteiger partial charge in [0, 0.05) is 12.6 Å². The standard InChI is InChI=1S/C15H23ClN2/c1-10-7-11(2)15(14(16)8-10)18-6-5-13(9-17-4)12(18)3/h7-8,12-13,17H,5-6,9H2,1-4H3. The summed E-state index contributed by atoms with van der Waals surface area (Å²) >= 11 is 6.45. The van der Waals surface area contributed by atoms with Crippen LogP contribution >= 0.6 is 11.6 Å². The van der Waals surface area contributed by atoms with E-state index >= 15 is 0 Å². The highest BCUT2D eigenvalue weighted by molar-refractivity contribution is 6.33. The highest BCUT2D eigenvalue weighted by Crippen LogP contribution is 2.37. The van der Waals surface area contributed by atoms with E-state index in [9.17, 15) is 0 Å². The van der Waals surface area contributed by atoms with Crippen molar-refractivity contribution in [3.05, 3.63) is 28.3 Å². The molecule has 1 aliphatic rings. The Labute approximate surface area is 115 Å². The van der Waals surface area contributed by atoms with E-state index < -0.39 is 0 Å². The molecule has 2 nitrogen and oxygen atoms in total. The fourth-order valence-electron chi connectivity index (χ4n) is 3.13. The van der Waals surface area contributed by atoms with Crippen molar-refractivity contribution in [2.24, 2.45) is 5.92 Å². The summed E-state index contributed by atoms with van der Waals surface area (Å²) in [6.07, 6.45) is 1.24. The van der Waals surface area contributed by atoms with Crippen molar-refractivity contribution in [3.63, 3.8) is 0 Å². The lowest BCUT2D eigenvalue weighted by atomic mass is 10.0. The summed E-state index contributed by atoms with van der Waals surface area (Å²) in [5.74, 6) is 0.715. The zero-order chi connectivity index (χ0) is 13.3. The van der Waals surface area contributed by atoms with Gasteiger partial charge >= 0.3 is 0 Å². The van der Waals surface area contributed by atoms with Gasteiger partial charge in [0.05, 0.1) is 10.7 Å². The molecule has 1 aliphatic heterocycles. The molecule has 2 atom stereocenters. The monoisotopic (exact) mass is 266 g/mol. The predicted molar refractivity (Wildman–Crippen MR) is 79.8 cm³/mol. The number of rotatable bonds is 3. The number of aryl methyl sites for hydroxylation is 2. The molecular weight excluding hydrogens is 244 g/mol. The van der Waals surface area contributed by atoms with E-state index in [1.54, 1.807) is 0 Å². The summed E-state index contributed by atoms with van der Waals surface area (Å²) in [4.78, 5) is 2.47. The molecule has 2 unspecified atom stereocenters. The summed E-state index contributed by atoms with van der Waals surface area (Å²) in [6.45, 7) is 8.76. The van der Waals surface area contributed by atoms with Crippen LogP contribution in [0.15, 0.2) is 12.1 Å². The van der Waals surface area contributed by atoms with E-state index in [4.69, 9.17) is 11.6 Å². The Morgan fingerprint density at radius 1 is 1.39 bits per heavy atom. The van der Waals surface area contributed by atoms with Crippen LogP contribution in [0.25, 0.3) is 0 Å². The molecule has 0 aromatic heterocycles. The number of nitrogens with one attached hydrogen (secondary N) is 1. The molecule has 18 heavy (non-hydrogen) atoms. The van der Waals surface area contributed by atoms with Gasteiger partial charge < -0.3 is 10.2 Å². The van der Waals surface area contributed by atoms with Crippen molar-refractivity contribution in [2.75, 3.05) is 25.0 Å². The number of nitrogens with zero attached hydrogens (tertiary/aromatic N) is 1. The Hall–Kier alpha value is -0.730. The number of benzene rings is 1. The average Bonchev–Trinajstić information content (AvgIpc) is 2.61. The van der Waals surface area contributed by atoms with Gasteiger partial charge in [0.1, 0.15) is 0 Å². The van der Waals surface area contributed by atoms with Crippen molar-refractivity contribution in [1.82, 2.24) is 5.32 Å². The molecule has 1 aromatic rings. The summed E-state index contributed by atoms with van der Waals surface area (Å²) < 4.78 is 0. The van der Waals surface area contributed by atoms with Crippen molar-refractivity contribution < 1.29 is 0 Å². The molecule has 0 aliphatic carbocycles. The fourth-order valence-corrected chi connectivity index (χ4v) is 3.56. The quantitative estimate of drug-likeness (QED) is 0.902. The van der Waals surface area contributed by atoms with Crippen LogP contribution in [-0.2, 0) is 0 Å². The summed E-state index contributed by atoms with van der Waals surface area (Å²) in [5, 5.41) is 4.18. The second-order valence-corrected chi connectivity index (χ2v) is 5.86. The maximum atomic E-state index is 6.45. The van der Waals surface area contributed by atoms with Crippen LogP contribution in [0, 0.1) is 19.8 Å². The Kier molecular flexibility index (Phi) is 4.18. The highest BCUT2D eigenvalue weighted by Gasteiger charge is 2.31. The smallest absolute Gasteiger partial charge is 0.0645 e. The number of hydrogen-bond donors (Lipinski definition) is 1. The Bertz CT molecular complexity index is 407. The molecule has 0 radical (unpaired) electrons. The van der Waals surface area contributed by atoms with Gasteiger partial charge in [-0.1, -0.05) is 17.7 Å². The molecule has 0 spiro atoms. The lowest BCUT2D eigenvalue weighted by Crippen LogP contribution is -2.34. The fraction of sp³-hybridized carbons (Fsp3) is 0.600. The Morgan fingerprint density at radius 3 is 2.72 bits per heavy atom. The molecule has 0 amide bonds. The van der Waals surface area contributed by atoms with Crippen LogP contribution in [0.5, 0.6) is 0 Å². The molecule has 1 fully saturated rings. The Morgan fingerprint density at radius 2 is 2.11 bits per heavy atom. The van der Waals surface area contributed by atoms with E-state index in [1.165, 1.54) is 23.2 Å². The number of anilines is 1. The summed E-state index contributed by atoms with van der Waals surface area (Å²) in [6, 6.07) is 4.85. The van der Waals surface area contributed by atoms with E-state index in [0.717, 1.165) is 18.1 Å². The van der Waals surface area contributed by atoms with Crippen LogP contribution in [0.4, 0.5) is 5.69 Å². The molecule has 3 heteroatoms. The third kappa shape index (κ3) is 2.50. The van der Waals surface area contributed by atoms with Crippen LogP contribution in [0.1, 0.15) is 24.5 Å². The molecule has 0 saturated carbocycles. The number of halogens is 1. The van der Waals surface area contributed by atoms with Crippen LogP contribution in [0.2, 0.25) is 5.02 Å². The van der Waals surface area contributed by atoms with Crippen LogP contribution in [0.3, 0.4) is 0 Å². The second kappa shape index (κ2) is 5.50. The van der Waals surface area contributed by atoms with Gasteiger partial charge in [-0.15, -0.1) is 0 Å². The zero-order valence-electron chi connectivity index (χ0n) is 11.8. The van der Waals surface area contributed by atoms with Crippen molar-refractivity contribution >= 4 is 17.3 Å². The maximum absolute atomic E-state index is 6.45. The van der Waals surface area contributed by atoms with E-state index in [-0.39, 0.29) is 0 Å². The van der Waals surface area contributed by atoms with Gasteiger partial charge in [0.2, 0.25) is 0 Å². The zero-order valence-corrected chi connectivity index (χ0v) is 12.5. The minimum absolute atomic E-state index is 0.552. The summed E-state index contributed by atoms with van der Waals surface area (Å²) in [5.41, 5.74) is 3.75. The molecule has 1 heterocycles. The average molecular weight is 267 g/mol. The van der Waals surface area contributed by atoms with Crippen molar-refractivity contribution in [1.29, 1.82) is 0 Å². The second-order valence-electron chi connectivity index (χ2n) is 5.45. The first-order valence-corrected chi connectivity index (χ1v) is 7.10. The third-order valence-corrected chi connectivity index (χ3v) is 4.35. The Balaban J connectivity index is 2.28. The van der Waals surface area contributed by atoms with Gasteiger partial charge in [-0.05, 0) is 63.9 Å². The lowest BCUT2D eigenvalue weighted by Gasteiger charge is -2.29. The summed E-state index contributed by atoms with van der Waals surface area (Å²) in [7, 11) is 2.03. The van der Waals surface area contributed by atoms with Gasteiger partial charge in [-0.3, -0.25) is 0 Å². The van der Waals surface area contributed by atoms with Crippen LogP contribution in [-0.4, -0.2) is 26.2 Å². The minimum Gasteiger partial charge on any atom is -0.367 e. The van der Waals surface area contributed by atoms with Gasteiger partial charge in [-0.2, -0.15) is 0 Å². The van der Waals surface area contributed by atoms with Gasteiger partial charge in [0.15, 0.2) is 0 Å². The normalized spacial score (nSPS) is 23.7. The van der Waals surface area contributed by atoms with E-state index in [1.807, 2.05) is 7.05 Å². The third-order valence-electron chi connectivity index (χ3n) is 4.07. The first-order chi connectivity index (χ1) is 8.54. The van der Waals surface area contributed by atoms with Crippen molar-refractivity contribution in [3.8, 4) is 0 Å². The first-order valence-electron chi connectivity index (χ1n) is 6.72. The molecular formula is C15H23ClN2. The lowest BCUT2D eigenvalue weighted by molar-refractivity contribution is 0.473. The maximum Gasteiger partial charge on any atom is 0.0645 e. The van der Waals surface area contributed by atoms with E-state index in [0.29, 0.717) is 12.0 Å². The van der Waals surface area contributed by atoms with Crippen LogP contribution < -0.4 is 10.2 Å². The molecule has 1 N–H and O–H groups in total. The first kappa shape index (κ1) is 13.7. The van der Waals surface area contributed by atoms with E-state index in [2.05, 4.69) is 43.1 Å². The minimum atomic E-state index is 0.552. The van der Waals surface area contributed by atoms with Crippen molar-refractivity contribution in [2.45, 2.75) is 33.2 Å². The predicted octanol–water partition coefficient (Wildman–Crippen LogP) is 3.39. The highest BCUT2D eigenvalue weighted by atomic mass is 35.5. The largest absolute Gasteiger partial charge is 0.367 e. The number of hydrogen-bond acceptors (Lipinski definition) is 2. The molecule has 1 aromatic carbocycles. The topological polar surface area (TPSA) is 15.3 Å². The van der Waals surface area contributed by atoms with Gasteiger partial charge in [-0.25, -0.2) is 0 Å².